The van der Waals surface area contributed by atoms with Gasteiger partial charge in [-0.3, -0.25) is 4.79 Å². The average Bonchev–Trinajstić information content (AvgIpc) is 3.05. The van der Waals surface area contributed by atoms with Crippen molar-refractivity contribution >= 4 is 40.1 Å². The van der Waals surface area contributed by atoms with E-state index < -0.39 is 5.97 Å². The number of nitrogens with zero attached hydrogens (tertiary/aromatic N) is 3. The van der Waals surface area contributed by atoms with Gasteiger partial charge in [-0.05, 0) is 24.6 Å². The van der Waals surface area contributed by atoms with Gasteiger partial charge in [-0.25, -0.2) is 9.97 Å². The summed E-state index contributed by atoms with van der Waals surface area (Å²) in [5, 5.41) is 11.6. The highest BCUT2D eigenvalue weighted by atomic mass is 32.2. The number of hydrogen-bond acceptors (Lipinski definition) is 5. The molecule has 0 unspecified atom stereocenters. The molecule has 108 valence electrons. The molecule has 0 aliphatic carbocycles. The first-order valence-corrected chi connectivity index (χ1v) is 8.25. The summed E-state index contributed by atoms with van der Waals surface area (Å²) in [6.07, 6.45) is 0. The summed E-state index contributed by atoms with van der Waals surface area (Å²) in [4.78, 5) is 19.7. The van der Waals surface area contributed by atoms with Gasteiger partial charge in [-0.1, -0.05) is 17.8 Å². The molecule has 0 atom stereocenters. The minimum atomic E-state index is -0.844. The molecule has 1 aromatic carbocycles. The Hall–Kier alpha value is -1.86. The van der Waals surface area contributed by atoms with Crippen molar-refractivity contribution in [2.45, 2.75) is 18.6 Å². The van der Waals surface area contributed by atoms with Crippen LogP contribution in [0, 0.1) is 6.92 Å². The summed E-state index contributed by atoms with van der Waals surface area (Å²) in [6.45, 7) is 2.62. The smallest absolute Gasteiger partial charge is 0.313 e. The summed E-state index contributed by atoms with van der Waals surface area (Å²) in [7, 11) is 0. The van der Waals surface area contributed by atoms with Crippen LogP contribution in [0.3, 0.4) is 0 Å². The van der Waals surface area contributed by atoms with E-state index in [-0.39, 0.29) is 5.75 Å². The van der Waals surface area contributed by atoms with Gasteiger partial charge in [0.05, 0.1) is 34.5 Å². The largest absolute Gasteiger partial charge is 0.481 e. The highest BCUT2D eigenvalue weighted by molar-refractivity contribution is 7.99. The van der Waals surface area contributed by atoms with Crippen molar-refractivity contribution in [1.29, 1.82) is 0 Å². The van der Waals surface area contributed by atoms with Gasteiger partial charge in [0, 0.05) is 5.38 Å². The Morgan fingerprint density at radius 2 is 2.33 bits per heavy atom. The molecule has 5 nitrogen and oxygen atoms in total. The van der Waals surface area contributed by atoms with Crippen molar-refractivity contribution in [3.05, 3.63) is 40.3 Å². The van der Waals surface area contributed by atoms with Crippen LogP contribution in [0.1, 0.15) is 11.3 Å². The highest BCUT2D eigenvalue weighted by Gasteiger charge is 2.13. The van der Waals surface area contributed by atoms with Gasteiger partial charge < -0.3 is 9.67 Å². The van der Waals surface area contributed by atoms with Gasteiger partial charge in [0.15, 0.2) is 5.16 Å². The highest BCUT2D eigenvalue weighted by Crippen LogP contribution is 2.26. The monoisotopic (exact) mass is 319 g/mol. The van der Waals surface area contributed by atoms with Crippen LogP contribution in [-0.4, -0.2) is 31.4 Å². The summed E-state index contributed by atoms with van der Waals surface area (Å²) in [5.74, 6) is -0.845. The fraction of sp³-hybridized carbons (Fsp3) is 0.214. The zero-order valence-electron chi connectivity index (χ0n) is 11.3. The summed E-state index contributed by atoms with van der Waals surface area (Å²) >= 11 is 2.78. The van der Waals surface area contributed by atoms with E-state index in [4.69, 9.17) is 5.11 Å². The SMILES string of the molecule is Cc1ccc2c(c1)nc(SCC(=O)O)n2Cc1cscn1. The topological polar surface area (TPSA) is 68.0 Å². The van der Waals surface area contributed by atoms with Crippen molar-refractivity contribution in [3.63, 3.8) is 0 Å². The van der Waals surface area contributed by atoms with Crippen LogP contribution < -0.4 is 0 Å². The van der Waals surface area contributed by atoms with E-state index in [0.717, 1.165) is 22.3 Å². The van der Waals surface area contributed by atoms with Crippen molar-refractivity contribution in [1.82, 2.24) is 14.5 Å². The number of carboxylic acid groups (broad SMARTS) is 1. The Balaban J connectivity index is 2.03. The van der Waals surface area contributed by atoms with Crippen molar-refractivity contribution in [3.8, 4) is 0 Å². The number of aromatic nitrogens is 3. The molecule has 0 spiro atoms. The Bertz CT molecular complexity index is 781. The number of aliphatic carboxylic acids is 1. The normalized spacial score (nSPS) is 11.1. The number of aryl methyl sites for hydroxylation is 1. The van der Waals surface area contributed by atoms with Crippen LogP contribution in [0.2, 0.25) is 0 Å². The third kappa shape index (κ3) is 3.08. The molecule has 0 aliphatic rings. The van der Waals surface area contributed by atoms with Gasteiger partial charge in [0.2, 0.25) is 0 Å². The lowest BCUT2D eigenvalue weighted by Crippen LogP contribution is -2.04. The molecular weight excluding hydrogens is 306 g/mol. The number of thioether (sulfide) groups is 1. The predicted molar refractivity (Wildman–Crippen MR) is 84.0 cm³/mol. The van der Waals surface area contributed by atoms with Crippen molar-refractivity contribution in [2.24, 2.45) is 0 Å². The number of rotatable bonds is 5. The van der Waals surface area contributed by atoms with Gasteiger partial charge in [0.1, 0.15) is 0 Å². The quantitative estimate of drug-likeness (QED) is 0.732. The third-order valence-corrected chi connectivity index (χ3v) is 4.59. The summed E-state index contributed by atoms with van der Waals surface area (Å²) in [5.41, 5.74) is 5.77. The molecule has 21 heavy (non-hydrogen) atoms. The maximum atomic E-state index is 10.8. The first kappa shape index (κ1) is 14.1. The fourth-order valence-electron chi connectivity index (χ4n) is 2.08. The first-order valence-electron chi connectivity index (χ1n) is 6.32. The molecular formula is C14H13N3O2S2. The Labute approximate surface area is 129 Å². The minimum absolute atomic E-state index is 0.000625. The van der Waals surface area contributed by atoms with Gasteiger partial charge in [0.25, 0.3) is 0 Å². The van der Waals surface area contributed by atoms with Crippen LogP contribution in [0.5, 0.6) is 0 Å². The molecule has 2 heterocycles. The number of imidazole rings is 1. The molecule has 0 bridgehead atoms. The average molecular weight is 319 g/mol. The minimum Gasteiger partial charge on any atom is -0.481 e. The molecule has 3 rings (SSSR count). The number of carbonyl (C=O) groups is 1. The lowest BCUT2D eigenvalue weighted by atomic mass is 10.2. The molecule has 0 saturated heterocycles. The number of thiazole rings is 1. The fourth-order valence-corrected chi connectivity index (χ4v) is 3.37. The van der Waals surface area contributed by atoms with E-state index in [2.05, 4.69) is 9.97 Å². The maximum absolute atomic E-state index is 10.8. The lowest BCUT2D eigenvalue weighted by Gasteiger charge is -2.06. The zero-order valence-corrected chi connectivity index (χ0v) is 12.9. The number of benzene rings is 1. The van der Waals surface area contributed by atoms with E-state index >= 15 is 0 Å². The van der Waals surface area contributed by atoms with Crippen LogP contribution in [-0.2, 0) is 11.3 Å². The molecule has 3 aromatic rings. The molecule has 0 fully saturated rings. The molecule has 0 radical (unpaired) electrons. The summed E-state index contributed by atoms with van der Waals surface area (Å²) < 4.78 is 2.03. The predicted octanol–water partition coefficient (Wildman–Crippen LogP) is 3.03. The summed E-state index contributed by atoms with van der Waals surface area (Å²) in [6, 6.07) is 6.07. The van der Waals surface area contributed by atoms with E-state index in [0.29, 0.717) is 11.7 Å². The second-order valence-corrected chi connectivity index (χ2v) is 6.30. The Morgan fingerprint density at radius 1 is 1.48 bits per heavy atom. The van der Waals surface area contributed by atoms with Gasteiger partial charge in [-0.15, -0.1) is 11.3 Å². The van der Waals surface area contributed by atoms with Crippen LogP contribution in [0.25, 0.3) is 11.0 Å². The Kier molecular flexibility index (Phi) is 3.94. The number of carboxylic acids is 1. The molecule has 7 heteroatoms. The third-order valence-electron chi connectivity index (χ3n) is 3.00. The van der Waals surface area contributed by atoms with Crippen LogP contribution in [0.4, 0.5) is 0 Å². The number of hydrogen-bond donors (Lipinski definition) is 1. The van der Waals surface area contributed by atoms with E-state index in [1.807, 2.05) is 35.1 Å². The second-order valence-electron chi connectivity index (χ2n) is 4.63. The molecule has 0 aliphatic heterocycles. The van der Waals surface area contributed by atoms with Crippen LogP contribution in [0.15, 0.2) is 34.2 Å². The van der Waals surface area contributed by atoms with Gasteiger partial charge in [-0.2, -0.15) is 0 Å². The molecule has 2 aromatic heterocycles. The van der Waals surface area contributed by atoms with Crippen molar-refractivity contribution < 1.29 is 9.90 Å². The zero-order chi connectivity index (χ0) is 14.8. The number of fused-ring (bicyclic) bond motifs is 1. The first-order chi connectivity index (χ1) is 10.1. The van der Waals surface area contributed by atoms with Crippen molar-refractivity contribution in [2.75, 3.05) is 5.75 Å². The van der Waals surface area contributed by atoms with Crippen LogP contribution >= 0.6 is 23.1 Å². The van der Waals surface area contributed by atoms with E-state index in [1.165, 1.54) is 11.8 Å². The second kappa shape index (κ2) is 5.87. The molecule has 0 saturated carbocycles. The van der Waals surface area contributed by atoms with E-state index in [1.54, 1.807) is 16.8 Å². The Morgan fingerprint density at radius 3 is 3.05 bits per heavy atom. The lowest BCUT2D eigenvalue weighted by molar-refractivity contribution is -0.133. The molecule has 1 N–H and O–H groups in total. The maximum Gasteiger partial charge on any atom is 0.313 e. The standard InChI is InChI=1S/C14H13N3O2S2/c1-9-2-3-12-11(4-9)16-14(21-7-13(18)19)17(12)5-10-6-20-8-15-10/h2-4,6,8H,5,7H2,1H3,(H,18,19). The van der Waals surface area contributed by atoms with E-state index in [9.17, 15) is 4.79 Å². The van der Waals surface area contributed by atoms with Gasteiger partial charge >= 0.3 is 5.97 Å². The molecule has 0 amide bonds.